The van der Waals surface area contributed by atoms with Crippen LogP contribution in [-0.4, -0.2) is 16.1 Å². The molecule has 0 fully saturated rings. The smallest absolute Gasteiger partial charge is 0.358 e. The average Bonchev–Trinajstić information content (AvgIpc) is 2.73. The highest BCUT2D eigenvalue weighted by atomic mass is 19.1. The first-order valence-electron chi connectivity index (χ1n) is 4.81. The van der Waals surface area contributed by atoms with Gasteiger partial charge in [0.1, 0.15) is 5.82 Å². The van der Waals surface area contributed by atoms with Gasteiger partial charge in [-0.3, -0.25) is 0 Å². The molecule has 2 aromatic rings. The molecule has 6 heteroatoms. The number of halogens is 1. The zero-order chi connectivity index (χ0) is 12.4. The Morgan fingerprint density at radius 2 is 2.29 bits per heavy atom. The van der Waals surface area contributed by atoms with Crippen molar-refractivity contribution < 1.29 is 18.7 Å². The quantitative estimate of drug-likeness (QED) is 0.845. The van der Waals surface area contributed by atoms with Crippen LogP contribution in [0.15, 0.2) is 28.7 Å². The molecule has 88 valence electrons. The number of nitrogens with two attached hydrogens (primary N) is 1. The van der Waals surface area contributed by atoms with Gasteiger partial charge in [-0.15, -0.1) is 0 Å². The van der Waals surface area contributed by atoms with Gasteiger partial charge in [0.25, 0.3) is 0 Å². The normalized spacial score (nSPS) is 10.5. The molecule has 1 aromatic carbocycles. The van der Waals surface area contributed by atoms with Crippen LogP contribution in [0.3, 0.4) is 0 Å². The van der Waals surface area contributed by atoms with Crippen molar-refractivity contribution >= 4 is 5.97 Å². The van der Waals surface area contributed by atoms with E-state index in [4.69, 9.17) is 15.3 Å². The molecule has 0 saturated heterocycles. The summed E-state index contributed by atoms with van der Waals surface area (Å²) in [6.07, 6.45) is 0. The van der Waals surface area contributed by atoms with Crippen LogP contribution in [0.5, 0.6) is 0 Å². The fraction of sp³-hybridized carbons (Fsp3) is 0.0909. The van der Waals surface area contributed by atoms with Gasteiger partial charge >= 0.3 is 5.97 Å². The van der Waals surface area contributed by atoms with Crippen LogP contribution in [0, 0.1) is 5.82 Å². The third-order valence-electron chi connectivity index (χ3n) is 2.16. The van der Waals surface area contributed by atoms with E-state index < -0.39 is 11.8 Å². The number of nitrogens with zero attached hydrogens (tertiary/aromatic N) is 1. The Labute approximate surface area is 95.7 Å². The van der Waals surface area contributed by atoms with Gasteiger partial charge in [0, 0.05) is 5.56 Å². The Morgan fingerprint density at radius 1 is 1.53 bits per heavy atom. The van der Waals surface area contributed by atoms with E-state index in [1.807, 2.05) is 0 Å². The Hall–Kier alpha value is -2.21. The molecular formula is C11H9FN2O3. The molecule has 0 radical (unpaired) electrons. The molecule has 0 unspecified atom stereocenters. The van der Waals surface area contributed by atoms with Crippen LogP contribution in [-0.2, 0) is 6.54 Å². The van der Waals surface area contributed by atoms with Crippen molar-refractivity contribution in [3.63, 3.8) is 0 Å². The van der Waals surface area contributed by atoms with E-state index in [9.17, 15) is 9.18 Å². The number of carbonyl (C=O) groups is 1. The van der Waals surface area contributed by atoms with Gasteiger partial charge in [-0.25, -0.2) is 14.2 Å². The maximum atomic E-state index is 13.0. The topological polar surface area (TPSA) is 89.4 Å². The van der Waals surface area contributed by atoms with Crippen molar-refractivity contribution in [1.29, 1.82) is 0 Å². The maximum absolute atomic E-state index is 13.0. The Balaban J connectivity index is 2.50. The number of rotatable bonds is 3. The molecule has 0 aliphatic heterocycles. The van der Waals surface area contributed by atoms with Gasteiger partial charge in [0.05, 0.1) is 6.54 Å². The largest absolute Gasteiger partial charge is 0.476 e. The second-order valence-corrected chi connectivity index (χ2v) is 3.31. The molecule has 5 nitrogen and oxygen atoms in total. The molecule has 1 aromatic heterocycles. The first-order valence-corrected chi connectivity index (χ1v) is 4.81. The summed E-state index contributed by atoms with van der Waals surface area (Å²) < 4.78 is 18.2. The van der Waals surface area contributed by atoms with Crippen LogP contribution in [0.2, 0.25) is 0 Å². The van der Waals surface area contributed by atoms with Crippen LogP contribution < -0.4 is 5.73 Å². The lowest BCUT2D eigenvalue weighted by molar-refractivity contribution is 0.0689. The van der Waals surface area contributed by atoms with Crippen molar-refractivity contribution in [3.8, 4) is 11.5 Å². The molecule has 0 aliphatic rings. The second kappa shape index (κ2) is 4.34. The highest BCUT2D eigenvalue weighted by molar-refractivity contribution is 5.87. The van der Waals surface area contributed by atoms with Gasteiger partial charge in [0.2, 0.25) is 5.89 Å². The fourth-order valence-corrected chi connectivity index (χ4v) is 1.40. The van der Waals surface area contributed by atoms with Crippen molar-refractivity contribution in [2.45, 2.75) is 6.54 Å². The van der Waals surface area contributed by atoms with Crippen molar-refractivity contribution in [2.24, 2.45) is 5.73 Å². The maximum Gasteiger partial charge on any atom is 0.358 e. The third-order valence-corrected chi connectivity index (χ3v) is 2.16. The monoisotopic (exact) mass is 236 g/mol. The summed E-state index contributed by atoms with van der Waals surface area (Å²) in [7, 11) is 0. The lowest BCUT2D eigenvalue weighted by Crippen LogP contribution is -2.04. The van der Waals surface area contributed by atoms with Crippen LogP contribution in [0.25, 0.3) is 11.5 Å². The van der Waals surface area contributed by atoms with Gasteiger partial charge < -0.3 is 15.3 Å². The van der Waals surface area contributed by atoms with Gasteiger partial charge in [-0.1, -0.05) is 6.07 Å². The zero-order valence-corrected chi connectivity index (χ0v) is 8.68. The number of carboxylic acids is 1. The zero-order valence-electron chi connectivity index (χ0n) is 8.68. The SMILES string of the molecule is NCc1oc(-c2cccc(F)c2)nc1C(=O)O. The number of hydrogen-bond donors (Lipinski definition) is 2. The van der Waals surface area contributed by atoms with Crippen molar-refractivity contribution in [3.05, 3.63) is 41.5 Å². The van der Waals surface area contributed by atoms with Gasteiger partial charge in [0.15, 0.2) is 11.5 Å². The number of aromatic carboxylic acids is 1. The van der Waals surface area contributed by atoms with E-state index in [1.165, 1.54) is 18.2 Å². The number of aromatic nitrogens is 1. The summed E-state index contributed by atoms with van der Waals surface area (Å²) in [5.41, 5.74) is 5.46. The molecule has 3 N–H and O–H groups in total. The summed E-state index contributed by atoms with van der Waals surface area (Å²) in [6.45, 7) is -0.0794. The lowest BCUT2D eigenvalue weighted by atomic mass is 10.2. The van der Waals surface area contributed by atoms with Crippen LogP contribution in [0.4, 0.5) is 4.39 Å². The molecule has 0 spiro atoms. The summed E-state index contributed by atoms with van der Waals surface area (Å²) in [5, 5.41) is 8.86. The van der Waals surface area contributed by atoms with E-state index in [0.29, 0.717) is 5.56 Å². The highest BCUT2D eigenvalue weighted by Gasteiger charge is 2.19. The van der Waals surface area contributed by atoms with E-state index >= 15 is 0 Å². The van der Waals surface area contributed by atoms with Crippen molar-refractivity contribution in [2.75, 3.05) is 0 Å². The number of hydrogen-bond acceptors (Lipinski definition) is 4. The Morgan fingerprint density at radius 3 is 2.82 bits per heavy atom. The standard InChI is InChI=1S/C11H9FN2O3/c12-7-3-1-2-6(4-7)10-14-9(11(15)16)8(5-13)17-10/h1-4H,5,13H2,(H,15,16). The molecule has 1 heterocycles. The van der Waals surface area contributed by atoms with E-state index in [1.54, 1.807) is 6.07 Å². The van der Waals surface area contributed by atoms with Gasteiger partial charge in [-0.2, -0.15) is 0 Å². The molecule has 0 atom stereocenters. The molecule has 0 amide bonds. The van der Waals surface area contributed by atoms with Crippen molar-refractivity contribution in [1.82, 2.24) is 4.98 Å². The molecule has 2 rings (SSSR count). The van der Waals surface area contributed by atoms with E-state index in [2.05, 4.69) is 4.98 Å². The predicted molar refractivity (Wildman–Crippen MR) is 56.7 cm³/mol. The molecular weight excluding hydrogens is 227 g/mol. The predicted octanol–water partition coefficient (Wildman–Crippen LogP) is 1.64. The third kappa shape index (κ3) is 2.16. The molecule has 0 aliphatic carbocycles. The number of oxazole rings is 1. The highest BCUT2D eigenvalue weighted by Crippen LogP contribution is 2.22. The first kappa shape index (κ1) is 11.3. The van der Waals surface area contributed by atoms with Crippen LogP contribution in [0.1, 0.15) is 16.2 Å². The van der Waals surface area contributed by atoms with E-state index in [0.717, 1.165) is 0 Å². The molecule has 0 bridgehead atoms. The van der Waals surface area contributed by atoms with Crippen LogP contribution >= 0.6 is 0 Å². The summed E-state index contributed by atoms with van der Waals surface area (Å²) in [5.74, 6) is -1.57. The minimum atomic E-state index is -1.23. The Bertz CT molecular complexity index is 566. The summed E-state index contributed by atoms with van der Waals surface area (Å²) >= 11 is 0. The molecule has 17 heavy (non-hydrogen) atoms. The average molecular weight is 236 g/mol. The first-order chi connectivity index (χ1) is 8.11. The number of benzene rings is 1. The minimum Gasteiger partial charge on any atom is -0.476 e. The van der Waals surface area contributed by atoms with E-state index in [-0.39, 0.29) is 23.9 Å². The summed E-state index contributed by atoms with van der Waals surface area (Å²) in [4.78, 5) is 14.6. The second-order valence-electron chi connectivity index (χ2n) is 3.31. The summed E-state index contributed by atoms with van der Waals surface area (Å²) in [6, 6.07) is 5.53. The Kier molecular flexibility index (Phi) is 2.88. The van der Waals surface area contributed by atoms with Gasteiger partial charge in [-0.05, 0) is 18.2 Å². The minimum absolute atomic E-state index is 0.0438. The fourth-order valence-electron chi connectivity index (χ4n) is 1.40. The number of carboxylic acid groups (broad SMARTS) is 1. The molecule has 0 saturated carbocycles. The lowest BCUT2D eigenvalue weighted by Gasteiger charge is -1.94.